The lowest BCUT2D eigenvalue weighted by Gasteiger charge is -2.31. The maximum Gasteiger partial charge on any atom is 0.246 e. The zero-order valence-electron chi connectivity index (χ0n) is 23.3. The van der Waals surface area contributed by atoms with Crippen molar-refractivity contribution < 1.29 is 23.0 Å². The van der Waals surface area contributed by atoms with Gasteiger partial charge in [0.1, 0.15) is 35.4 Å². The highest BCUT2D eigenvalue weighted by molar-refractivity contribution is 7.18. The lowest BCUT2D eigenvalue weighted by Crippen LogP contribution is -2.39. The lowest BCUT2D eigenvalue weighted by molar-refractivity contribution is -0.127. The maximum atomic E-state index is 15.9. The van der Waals surface area contributed by atoms with Gasteiger partial charge in [0, 0.05) is 60.2 Å². The van der Waals surface area contributed by atoms with Crippen molar-refractivity contribution >= 4 is 27.3 Å². The van der Waals surface area contributed by atoms with Crippen molar-refractivity contribution in [1.82, 2.24) is 29.4 Å². The molecular weight excluding hydrogens is 562 g/mol. The van der Waals surface area contributed by atoms with E-state index in [2.05, 4.69) is 11.7 Å². The second kappa shape index (κ2) is 11.1. The minimum Gasteiger partial charge on any atom is -0.490 e. The van der Waals surface area contributed by atoms with Crippen LogP contribution in [0.4, 0.5) is 8.78 Å². The van der Waals surface area contributed by atoms with E-state index in [-0.39, 0.29) is 36.5 Å². The number of aromatic nitrogens is 5. The molecule has 42 heavy (non-hydrogen) atoms. The molecule has 216 valence electrons. The van der Waals surface area contributed by atoms with Gasteiger partial charge in [-0.25, -0.2) is 13.8 Å². The molecule has 0 N–H and O–H groups in total. The molecule has 0 fully saturated rings. The largest absolute Gasteiger partial charge is 0.490 e. The minimum absolute atomic E-state index is 0.0384. The van der Waals surface area contributed by atoms with E-state index >= 15 is 4.39 Å². The molecule has 5 aromatic rings. The smallest absolute Gasteiger partial charge is 0.246 e. The molecule has 4 aromatic heterocycles. The van der Waals surface area contributed by atoms with Crippen LogP contribution in [0.25, 0.3) is 43.9 Å². The second-order valence-corrected chi connectivity index (χ2v) is 11.0. The number of amides is 1. The molecule has 5 heterocycles. The molecule has 1 unspecified atom stereocenters. The summed E-state index contributed by atoms with van der Waals surface area (Å²) in [7, 11) is 3.35. The van der Waals surface area contributed by atoms with Crippen LogP contribution in [0.1, 0.15) is 18.7 Å². The summed E-state index contributed by atoms with van der Waals surface area (Å²) in [5.74, 6) is -1.67. The average molecular weight is 591 g/mol. The SMILES string of the molecule is C=CC(=O)N1Cc2cc(-c3nc(-c4cnn(C)c4)c4ccsc4c3-c3c(F)cc(F)cc3OCCOC)nn2C(C)C1. The first-order chi connectivity index (χ1) is 20.3. The molecule has 0 saturated heterocycles. The normalized spacial score (nSPS) is 14.8. The number of rotatable bonds is 8. The number of carbonyl (C=O) groups is 1. The third-order valence-corrected chi connectivity index (χ3v) is 8.13. The Hall–Kier alpha value is -4.42. The van der Waals surface area contributed by atoms with E-state index in [9.17, 15) is 9.18 Å². The summed E-state index contributed by atoms with van der Waals surface area (Å²) >= 11 is 1.42. The van der Waals surface area contributed by atoms with Gasteiger partial charge in [0.15, 0.2) is 0 Å². The monoisotopic (exact) mass is 590 g/mol. The zero-order valence-corrected chi connectivity index (χ0v) is 24.1. The highest BCUT2D eigenvalue weighted by atomic mass is 32.1. The number of halogens is 2. The summed E-state index contributed by atoms with van der Waals surface area (Å²) in [6.07, 6.45) is 4.88. The molecule has 9 nitrogen and oxygen atoms in total. The molecule has 0 aliphatic carbocycles. The number of ether oxygens (including phenoxy) is 2. The van der Waals surface area contributed by atoms with Gasteiger partial charge in [-0.3, -0.25) is 14.2 Å². The predicted octanol–water partition coefficient (Wildman–Crippen LogP) is 5.62. The summed E-state index contributed by atoms with van der Waals surface area (Å²) < 4.78 is 45.6. The van der Waals surface area contributed by atoms with Crippen molar-refractivity contribution in [3.63, 3.8) is 0 Å². The van der Waals surface area contributed by atoms with Crippen LogP contribution in [0, 0.1) is 11.6 Å². The molecule has 1 atom stereocenters. The highest BCUT2D eigenvalue weighted by Crippen LogP contribution is 2.47. The zero-order chi connectivity index (χ0) is 29.5. The summed E-state index contributed by atoms with van der Waals surface area (Å²) in [6.45, 7) is 6.73. The Labute approximate surface area is 244 Å². The van der Waals surface area contributed by atoms with Crippen LogP contribution in [-0.2, 0) is 23.1 Å². The first kappa shape index (κ1) is 27.7. The van der Waals surface area contributed by atoms with Crippen LogP contribution in [0.5, 0.6) is 5.75 Å². The molecule has 0 radical (unpaired) electrons. The molecule has 0 bridgehead atoms. The van der Waals surface area contributed by atoms with Crippen molar-refractivity contribution in [2.75, 3.05) is 26.9 Å². The standard InChI is InChI=1S/C30H28F2N6O3S/c1-5-25(39)37-14-17(2)38-20(16-37)12-23(35-38)29-27(26-22(32)10-19(31)11-24(26)41-8-7-40-4)30-21(6-9-42-30)28(34-29)18-13-33-36(3)15-18/h5-6,9-13,15,17H,1,7-8,14,16H2,2-4H3. The Bertz CT molecular complexity index is 1830. The summed E-state index contributed by atoms with van der Waals surface area (Å²) in [4.78, 5) is 19.2. The second-order valence-electron chi connectivity index (χ2n) is 10.1. The molecule has 0 saturated carbocycles. The lowest BCUT2D eigenvalue weighted by atomic mass is 9.97. The number of nitrogens with zero attached hydrogens (tertiary/aromatic N) is 6. The highest BCUT2D eigenvalue weighted by Gasteiger charge is 2.30. The molecule has 12 heteroatoms. The van der Waals surface area contributed by atoms with Gasteiger partial charge in [-0.05, 0) is 30.5 Å². The molecule has 6 rings (SSSR count). The Morgan fingerprint density at radius 2 is 2.05 bits per heavy atom. The van der Waals surface area contributed by atoms with E-state index in [4.69, 9.17) is 19.6 Å². The number of fused-ring (bicyclic) bond motifs is 2. The summed E-state index contributed by atoms with van der Waals surface area (Å²) in [5.41, 5.74) is 3.67. The van der Waals surface area contributed by atoms with Crippen molar-refractivity contribution in [1.29, 1.82) is 0 Å². The number of benzene rings is 1. The van der Waals surface area contributed by atoms with E-state index in [1.807, 2.05) is 42.4 Å². The molecular formula is C30H28F2N6O3S. The number of pyridine rings is 1. The number of hydrogen-bond donors (Lipinski definition) is 0. The third kappa shape index (κ3) is 4.86. The van der Waals surface area contributed by atoms with Gasteiger partial charge >= 0.3 is 0 Å². The predicted molar refractivity (Wildman–Crippen MR) is 156 cm³/mol. The van der Waals surface area contributed by atoms with Gasteiger partial charge in [0.05, 0.1) is 42.3 Å². The van der Waals surface area contributed by atoms with E-state index in [1.165, 1.54) is 30.6 Å². The van der Waals surface area contributed by atoms with Crippen molar-refractivity contribution in [3.8, 4) is 39.5 Å². The van der Waals surface area contributed by atoms with Crippen LogP contribution in [-0.4, -0.2) is 62.2 Å². The number of hydrogen-bond acceptors (Lipinski definition) is 7. The fourth-order valence-corrected chi connectivity index (χ4v) is 6.30. The van der Waals surface area contributed by atoms with Crippen LogP contribution in [0.2, 0.25) is 0 Å². The third-order valence-electron chi connectivity index (χ3n) is 7.20. The number of aryl methyl sites for hydroxylation is 1. The van der Waals surface area contributed by atoms with Gasteiger partial charge < -0.3 is 14.4 Å². The average Bonchev–Trinajstić information content (AvgIpc) is 3.72. The summed E-state index contributed by atoms with van der Waals surface area (Å²) in [5, 5.41) is 11.9. The topological polar surface area (TPSA) is 87.3 Å². The van der Waals surface area contributed by atoms with Gasteiger partial charge in [0.25, 0.3) is 0 Å². The Morgan fingerprint density at radius 3 is 2.79 bits per heavy atom. The number of methoxy groups -OCH3 is 1. The van der Waals surface area contributed by atoms with Gasteiger partial charge in [-0.15, -0.1) is 11.3 Å². The number of carbonyl (C=O) groups excluding carboxylic acids is 1. The van der Waals surface area contributed by atoms with E-state index in [1.54, 1.807) is 15.8 Å². The number of thiophene rings is 1. The van der Waals surface area contributed by atoms with E-state index < -0.39 is 11.6 Å². The molecule has 1 aliphatic heterocycles. The van der Waals surface area contributed by atoms with E-state index in [0.717, 1.165) is 27.4 Å². The maximum absolute atomic E-state index is 15.9. The van der Waals surface area contributed by atoms with Crippen molar-refractivity contribution in [3.05, 3.63) is 72.0 Å². The summed E-state index contributed by atoms with van der Waals surface area (Å²) in [6, 6.07) is 5.69. The molecule has 0 spiro atoms. The molecule has 1 amide bonds. The first-order valence-electron chi connectivity index (χ1n) is 13.3. The van der Waals surface area contributed by atoms with Gasteiger partial charge in [0.2, 0.25) is 5.91 Å². The molecule has 1 aliphatic rings. The molecule has 1 aromatic carbocycles. The van der Waals surface area contributed by atoms with E-state index in [0.29, 0.717) is 35.7 Å². The van der Waals surface area contributed by atoms with Gasteiger partial charge in [-0.1, -0.05) is 6.58 Å². The Morgan fingerprint density at radius 1 is 1.21 bits per heavy atom. The van der Waals surface area contributed by atoms with Crippen molar-refractivity contribution in [2.45, 2.75) is 19.5 Å². The van der Waals surface area contributed by atoms with Crippen molar-refractivity contribution in [2.24, 2.45) is 7.05 Å². The van der Waals surface area contributed by atoms with Crippen LogP contribution in [0.15, 0.2) is 54.7 Å². The van der Waals surface area contributed by atoms with Gasteiger partial charge in [-0.2, -0.15) is 10.2 Å². The van der Waals surface area contributed by atoms with Crippen LogP contribution < -0.4 is 4.74 Å². The quantitative estimate of drug-likeness (QED) is 0.172. The fraction of sp³-hybridized carbons (Fsp3) is 0.267. The van der Waals surface area contributed by atoms with Crippen LogP contribution in [0.3, 0.4) is 0 Å². The Kier molecular flexibility index (Phi) is 7.33. The minimum atomic E-state index is -0.783. The Balaban J connectivity index is 1.63. The van der Waals surface area contributed by atoms with Crippen LogP contribution >= 0.6 is 11.3 Å². The first-order valence-corrected chi connectivity index (χ1v) is 14.2. The fourth-order valence-electron chi connectivity index (χ4n) is 5.35.